The molecular weight excluding hydrogens is 462 g/mol. The van der Waals surface area contributed by atoms with Crippen molar-refractivity contribution in [3.8, 4) is 5.69 Å². The fourth-order valence-corrected chi connectivity index (χ4v) is 4.95. The molecule has 2 fully saturated rings. The highest BCUT2D eigenvalue weighted by atomic mass is 79.9. The molecule has 156 valence electrons. The molecule has 0 atom stereocenters. The van der Waals surface area contributed by atoms with Crippen molar-refractivity contribution in [2.45, 2.75) is 25.2 Å². The highest BCUT2D eigenvalue weighted by Gasteiger charge is 2.36. The molecule has 1 amide bonds. The van der Waals surface area contributed by atoms with Gasteiger partial charge in [-0.2, -0.15) is 0 Å². The predicted molar refractivity (Wildman–Crippen MR) is 121 cm³/mol. The highest BCUT2D eigenvalue weighted by Crippen LogP contribution is 2.42. The van der Waals surface area contributed by atoms with Gasteiger partial charge in [-0.15, -0.1) is 16.4 Å². The van der Waals surface area contributed by atoms with Crippen molar-refractivity contribution in [3.63, 3.8) is 0 Å². The highest BCUT2D eigenvalue weighted by molar-refractivity contribution is 9.10. The summed E-state index contributed by atoms with van der Waals surface area (Å²) >= 11 is 5.29. The lowest BCUT2D eigenvalue weighted by Crippen LogP contribution is -2.49. The normalized spacial score (nSPS) is 17.4. The number of piperazine rings is 1. The summed E-state index contributed by atoms with van der Waals surface area (Å²) in [5.74, 6) is 0.410. The van der Waals surface area contributed by atoms with Crippen LogP contribution in [0.15, 0.2) is 46.3 Å². The number of carbonyl (C=O) groups is 1. The molecular formula is C22H24BrN5OS. The van der Waals surface area contributed by atoms with E-state index in [4.69, 9.17) is 0 Å². The Labute approximate surface area is 188 Å². The maximum Gasteiger partial charge on any atom is 0.276 e. The lowest BCUT2D eigenvalue weighted by Gasteiger charge is -2.34. The van der Waals surface area contributed by atoms with E-state index in [1.807, 2.05) is 45.2 Å². The Morgan fingerprint density at radius 1 is 1.10 bits per heavy atom. The van der Waals surface area contributed by atoms with E-state index >= 15 is 0 Å². The molecule has 8 heteroatoms. The Bertz CT molecular complexity index is 1000. The summed E-state index contributed by atoms with van der Waals surface area (Å²) in [5.41, 5.74) is 2.46. The number of rotatable bonds is 6. The molecule has 6 nitrogen and oxygen atoms in total. The molecule has 1 saturated carbocycles. The Morgan fingerprint density at radius 3 is 2.53 bits per heavy atom. The molecule has 3 aromatic rings. The van der Waals surface area contributed by atoms with E-state index in [9.17, 15) is 4.79 Å². The van der Waals surface area contributed by atoms with Gasteiger partial charge >= 0.3 is 0 Å². The zero-order chi connectivity index (χ0) is 20.5. The van der Waals surface area contributed by atoms with Crippen molar-refractivity contribution < 1.29 is 4.79 Å². The number of carbonyl (C=O) groups excluding carboxylic acids is 1. The molecule has 0 N–H and O–H groups in total. The number of halogens is 1. The summed E-state index contributed by atoms with van der Waals surface area (Å²) in [5, 5.41) is 10.8. The first kappa shape index (κ1) is 19.9. The van der Waals surface area contributed by atoms with Gasteiger partial charge in [0.2, 0.25) is 0 Å². The number of amides is 1. The van der Waals surface area contributed by atoms with Gasteiger partial charge in [0.25, 0.3) is 5.91 Å². The molecule has 30 heavy (non-hydrogen) atoms. The molecule has 2 aromatic heterocycles. The average Bonchev–Trinajstić information content (AvgIpc) is 3.30. The molecule has 0 bridgehead atoms. The maximum absolute atomic E-state index is 13.3. The number of hydrogen-bond donors (Lipinski definition) is 0. The standard InChI is InChI=1S/C22H24BrN5OS/c23-17-5-7-18(8-6-17)28-21(16-3-4-16)20(24-25-28)22(29)27-13-11-26(12-14-27)10-9-19-2-1-15-30-19/h1-2,5-8,15-16H,3-4,9-14H2. The van der Waals surface area contributed by atoms with Crippen molar-refractivity contribution in [2.24, 2.45) is 0 Å². The topological polar surface area (TPSA) is 54.3 Å². The molecule has 1 aliphatic carbocycles. The van der Waals surface area contributed by atoms with E-state index in [-0.39, 0.29) is 5.91 Å². The van der Waals surface area contributed by atoms with Crippen LogP contribution >= 0.6 is 27.3 Å². The van der Waals surface area contributed by atoms with Gasteiger partial charge in [0.05, 0.1) is 11.4 Å². The quantitative estimate of drug-likeness (QED) is 0.529. The van der Waals surface area contributed by atoms with Crippen LogP contribution in [0.2, 0.25) is 0 Å². The minimum absolute atomic E-state index is 0.0261. The van der Waals surface area contributed by atoms with E-state index in [2.05, 4.69) is 48.7 Å². The predicted octanol–water partition coefficient (Wildman–Crippen LogP) is 3.97. The van der Waals surface area contributed by atoms with Crippen LogP contribution in [0.5, 0.6) is 0 Å². The third-order valence-electron chi connectivity index (χ3n) is 5.86. The molecule has 1 saturated heterocycles. The van der Waals surface area contributed by atoms with Crippen molar-refractivity contribution >= 4 is 33.2 Å². The summed E-state index contributed by atoms with van der Waals surface area (Å²) in [4.78, 5) is 19.1. The average molecular weight is 486 g/mol. The van der Waals surface area contributed by atoms with Crippen LogP contribution < -0.4 is 0 Å². The zero-order valence-electron chi connectivity index (χ0n) is 16.7. The maximum atomic E-state index is 13.3. The lowest BCUT2D eigenvalue weighted by atomic mass is 10.1. The Kier molecular flexibility index (Phi) is 5.71. The molecule has 0 unspecified atom stereocenters. The molecule has 5 rings (SSSR count). The van der Waals surface area contributed by atoms with Crippen LogP contribution in [0.1, 0.15) is 39.8 Å². The zero-order valence-corrected chi connectivity index (χ0v) is 19.1. The molecule has 0 spiro atoms. The third kappa shape index (κ3) is 4.22. The van der Waals surface area contributed by atoms with Gasteiger partial charge < -0.3 is 4.90 Å². The van der Waals surface area contributed by atoms with E-state index in [0.29, 0.717) is 11.6 Å². The van der Waals surface area contributed by atoms with E-state index < -0.39 is 0 Å². The lowest BCUT2D eigenvalue weighted by molar-refractivity contribution is 0.0631. The third-order valence-corrected chi connectivity index (χ3v) is 7.32. The molecule has 0 radical (unpaired) electrons. The fourth-order valence-electron chi connectivity index (χ4n) is 3.99. The smallest absolute Gasteiger partial charge is 0.276 e. The van der Waals surface area contributed by atoms with Crippen molar-refractivity contribution in [3.05, 3.63) is 62.5 Å². The first-order valence-corrected chi connectivity index (χ1v) is 12.1. The summed E-state index contributed by atoms with van der Waals surface area (Å²) in [7, 11) is 0. The molecule has 3 heterocycles. The summed E-state index contributed by atoms with van der Waals surface area (Å²) in [6.07, 6.45) is 3.28. The number of nitrogens with zero attached hydrogens (tertiary/aromatic N) is 5. The molecule has 1 aromatic carbocycles. The monoisotopic (exact) mass is 485 g/mol. The summed E-state index contributed by atoms with van der Waals surface area (Å²) in [6.45, 7) is 4.38. The molecule has 1 aliphatic heterocycles. The van der Waals surface area contributed by atoms with Gasteiger partial charge in [-0.05, 0) is 55.0 Å². The van der Waals surface area contributed by atoms with E-state index in [1.54, 1.807) is 0 Å². The van der Waals surface area contributed by atoms with Crippen LogP contribution in [0, 0.1) is 0 Å². The Morgan fingerprint density at radius 2 is 1.87 bits per heavy atom. The van der Waals surface area contributed by atoms with Gasteiger partial charge in [-0.3, -0.25) is 9.69 Å². The second-order valence-corrected chi connectivity index (χ2v) is 9.90. The number of thiophene rings is 1. The number of aromatic nitrogens is 3. The van der Waals surface area contributed by atoms with Crippen LogP contribution in [-0.4, -0.2) is 63.4 Å². The van der Waals surface area contributed by atoms with Crippen LogP contribution in [0.4, 0.5) is 0 Å². The van der Waals surface area contributed by atoms with E-state index in [1.165, 1.54) is 4.88 Å². The summed E-state index contributed by atoms with van der Waals surface area (Å²) in [6, 6.07) is 12.3. The first-order chi connectivity index (χ1) is 14.7. The minimum atomic E-state index is 0.0261. The Balaban J connectivity index is 1.27. The van der Waals surface area contributed by atoms with Gasteiger partial charge in [-0.1, -0.05) is 27.2 Å². The Hall–Kier alpha value is -2.03. The van der Waals surface area contributed by atoms with Gasteiger partial charge in [0.15, 0.2) is 5.69 Å². The van der Waals surface area contributed by atoms with Gasteiger partial charge in [-0.25, -0.2) is 4.68 Å². The number of hydrogen-bond acceptors (Lipinski definition) is 5. The SMILES string of the molecule is O=C(c1nnn(-c2ccc(Br)cc2)c1C1CC1)N1CCN(CCc2cccs2)CC1. The van der Waals surface area contributed by atoms with Crippen LogP contribution in [0.3, 0.4) is 0 Å². The first-order valence-electron chi connectivity index (χ1n) is 10.4. The van der Waals surface area contributed by atoms with E-state index in [0.717, 1.165) is 67.8 Å². The van der Waals surface area contributed by atoms with Crippen molar-refractivity contribution in [1.29, 1.82) is 0 Å². The largest absolute Gasteiger partial charge is 0.335 e. The van der Waals surface area contributed by atoms with Crippen LogP contribution in [-0.2, 0) is 6.42 Å². The fraction of sp³-hybridized carbons (Fsp3) is 0.409. The molecule has 2 aliphatic rings. The second-order valence-electron chi connectivity index (χ2n) is 7.95. The number of benzene rings is 1. The van der Waals surface area contributed by atoms with Crippen molar-refractivity contribution in [1.82, 2.24) is 24.8 Å². The van der Waals surface area contributed by atoms with Crippen molar-refractivity contribution in [2.75, 3.05) is 32.7 Å². The summed E-state index contributed by atoms with van der Waals surface area (Å²) < 4.78 is 2.88. The van der Waals surface area contributed by atoms with Crippen LogP contribution in [0.25, 0.3) is 5.69 Å². The van der Waals surface area contributed by atoms with Gasteiger partial charge in [0.1, 0.15) is 0 Å². The second kappa shape index (κ2) is 8.61. The minimum Gasteiger partial charge on any atom is -0.335 e. The van der Waals surface area contributed by atoms with Gasteiger partial charge in [0, 0.05) is 48.0 Å².